The van der Waals surface area contributed by atoms with Crippen LogP contribution in [0.2, 0.25) is 0 Å². The van der Waals surface area contributed by atoms with Crippen LogP contribution in [0.1, 0.15) is 48.4 Å². The molecule has 1 aliphatic heterocycles. The van der Waals surface area contributed by atoms with Crippen molar-refractivity contribution < 1.29 is 9.59 Å². The fourth-order valence-corrected chi connectivity index (χ4v) is 3.99. The number of urea groups is 1. The lowest BCUT2D eigenvalue weighted by Gasteiger charge is -2.29. The standard InChI is InChI=1S/C19H25N3O2/c1-13-4-2-5-15-6-3-7-16(18(13)15)20-19(24)22-11-17(23)21(12-22)10-14-8-9-14/h2,4-5,14,16H,3,6-12H2,1H3,(H,20,24). The summed E-state index contributed by atoms with van der Waals surface area (Å²) in [6, 6.07) is 6.32. The Morgan fingerprint density at radius 2 is 2.12 bits per heavy atom. The SMILES string of the molecule is Cc1cccc2c1C(NC(=O)N1CC(=O)N(CC3CC3)C1)CCC2. The summed E-state index contributed by atoms with van der Waals surface area (Å²) in [5.74, 6) is 0.738. The maximum atomic E-state index is 12.7. The molecule has 0 radical (unpaired) electrons. The molecule has 5 nitrogen and oxygen atoms in total. The molecule has 1 aromatic carbocycles. The number of amides is 3. The number of hydrogen-bond donors (Lipinski definition) is 1. The zero-order valence-electron chi connectivity index (χ0n) is 14.3. The van der Waals surface area contributed by atoms with Gasteiger partial charge in [0.25, 0.3) is 0 Å². The van der Waals surface area contributed by atoms with Crippen molar-refractivity contribution >= 4 is 11.9 Å². The highest BCUT2D eigenvalue weighted by atomic mass is 16.2. The van der Waals surface area contributed by atoms with Crippen molar-refractivity contribution in [3.8, 4) is 0 Å². The molecule has 1 unspecified atom stereocenters. The van der Waals surface area contributed by atoms with Gasteiger partial charge in [0.15, 0.2) is 0 Å². The molecule has 1 saturated heterocycles. The van der Waals surface area contributed by atoms with Gasteiger partial charge in [0.05, 0.1) is 12.7 Å². The largest absolute Gasteiger partial charge is 0.331 e. The summed E-state index contributed by atoms with van der Waals surface area (Å²) in [4.78, 5) is 28.2. The van der Waals surface area contributed by atoms with E-state index in [-0.39, 0.29) is 24.5 Å². The first-order valence-electron chi connectivity index (χ1n) is 9.03. The zero-order chi connectivity index (χ0) is 16.7. The molecule has 128 valence electrons. The molecule has 5 heteroatoms. The number of hydrogen-bond acceptors (Lipinski definition) is 2. The van der Waals surface area contributed by atoms with E-state index in [4.69, 9.17) is 0 Å². The monoisotopic (exact) mass is 327 g/mol. The second-order valence-electron chi connectivity index (χ2n) is 7.44. The van der Waals surface area contributed by atoms with Crippen molar-refractivity contribution in [2.24, 2.45) is 5.92 Å². The molecular formula is C19H25N3O2. The molecule has 4 rings (SSSR count). The van der Waals surface area contributed by atoms with E-state index in [1.807, 2.05) is 4.90 Å². The summed E-state index contributed by atoms with van der Waals surface area (Å²) >= 11 is 0. The van der Waals surface area contributed by atoms with Crippen LogP contribution in [-0.2, 0) is 11.2 Å². The average Bonchev–Trinajstić information content (AvgIpc) is 3.30. The molecule has 0 bridgehead atoms. The van der Waals surface area contributed by atoms with Gasteiger partial charge in [-0.05, 0) is 61.6 Å². The van der Waals surface area contributed by atoms with Crippen molar-refractivity contribution in [1.82, 2.24) is 15.1 Å². The Morgan fingerprint density at radius 3 is 2.92 bits per heavy atom. The van der Waals surface area contributed by atoms with Crippen LogP contribution in [0.3, 0.4) is 0 Å². The first-order chi connectivity index (χ1) is 11.6. The van der Waals surface area contributed by atoms with E-state index < -0.39 is 0 Å². The molecule has 2 fully saturated rings. The molecule has 2 aliphatic carbocycles. The molecule has 3 aliphatic rings. The third kappa shape index (κ3) is 2.99. The highest BCUT2D eigenvalue weighted by Crippen LogP contribution is 2.33. The number of aryl methyl sites for hydroxylation is 2. The van der Waals surface area contributed by atoms with Crippen molar-refractivity contribution in [2.45, 2.75) is 45.1 Å². The summed E-state index contributed by atoms with van der Waals surface area (Å²) in [7, 11) is 0. The molecule has 0 aromatic heterocycles. The smallest absolute Gasteiger partial charge is 0.319 e. The van der Waals surface area contributed by atoms with Crippen molar-refractivity contribution in [3.63, 3.8) is 0 Å². The average molecular weight is 327 g/mol. The predicted octanol–water partition coefficient (Wildman–Crippen LogP) is 2.59. The van der Waals surface area contributed by atoms with Crippen molar-refractivity contribution in [3.05, 3.63) is 34.9 Å². The lowest BCUT2D eigenvalue weighted by atomic mass is 9.85. The third-order valence-electron chi connectivity index (χ3n) is 5.48. The molecule has 1 aromatic rings. The van der Waals surface area contributed by atoms with Gasteiger partial charge in [0.2, 0.25) is 5.91 Å². The first-order valence-corrected chi connectivity index (χ1v) is 9.03. The number of rotatable bonds is 3. The number of carbonyl (C=O) groups excluding carboxylic acids is 2. The van der Waals surface area contributed by atoms with Gasteiger partial charge in [-0.1, -0.05) is 18.2 Å². The van der Waals surface area contributed by atoms with E-state index in [9.17, 15) is 9.59 Å². The summed E-state index contributed by atoms with van der Waals surface area (Å²) in [6.45, 7) is 3.58. The van der Waals surface area contributed by atoms with Gasteiger partial charge < -0.3 is 10.2 Å². The maximum absolute atomic E-state index is 12.7. The van der Waals surface area contributed by atoms with E-state index in [0.29, 0.717) is 12.6 Å². The number of benzene rings is 1. The topological polar surface area (TPSA) is 52.7 Å². The molecule has 1 N–H and O–H groups in total. The van der Waals surface area contributed by atoms with E-state index in [1.165, 1.54) is 29.5 Å². The summed E-state index contributed by atoms with van der Waals surface area (Å²) in [5.41, 5.74) is 3.86. The summed E-state index contributed by atoms with van der Waals surface area (Å²) < 4.78 is 0. The van der Waals surface area contributed by atoms with Crippen LogP contribution < -0.4 is 5.32 Å². The lowest BCUT2D eigenvalue weighted by Crippen LogP contribution is -2.42. The normalized spacial score (nSPS) is 23.4. The molecule has 1 heterocycles. The van der Waals surface area contributed by atoms with E-state index in [1.54, 1.807) is 4.90 Å². The number of nitrogens with one attached hydrogen (secondary N) is 1. The molecule has 1 saturated carbocycles. The molecule has 24 heavy (non-hydrogen) atoms. The Balaban J connectivity index is 1.43. The van der Waals surface area contributed by atoms with Crippen LogP contribution in [0.4, 0.5) is 4.79 Å². The lowest BCUT2D eigenvalue weighted by molar-refractivity contribution is -0.126. The van der Waals surface area contributed by atoms with Gasteiger partial charge in [-0.15, -0.1) is 0 Å². The van der Waals surface area contributed by atoms with E-state index in [2.05, 4.69) is 30.4 Å². The van der Waals surface area contributed by atoms with Crippen LogP contribution >= 0.6 is 0 Å². The second kappa shape index (κ2) is 6.11. The van der Waals surface area contributed by atoms with Gasteiger partial charge in [-0.2, -0.15) is 0 Å². The third-order valence-corrected chi connectivity index (χ3v) is 5.48. The molecular weight excluding hydrogens is 302 g/mol. The minimum atomic E-state index is -0.109. The van der Waals surface area contributed by atoms with Gasteiger partial charge in [-0.25, -0.2) is 4.79 Å². The Labute approximate surface area is 143 Å². The van der Waals surface area contributed by atoms with Crippen LogP contribution in [0.25, 0.3) is 0 Å². The van der Waals surface area contributed by atoms with Crippen LogP contribution in [0.15, 0.2) is 18.2 Å². The predicted molar refractivity (Wildman–Crippen MR) is 91.4 cm³/mol. The zero-order valence-corrected chi connectivity index (χ0v) is 14.3. The Morgan fingerprint density at radius 1 is 1.29 bits per heavy atom. The Kier molecular flexibility index (Phi) is 3.94. The van der Waals surface area contributed by atoms with E-state index >= 15 is 0 Å². The Bertz CT molecular complexity index is 669. The van der Waals surface area contributed by atoms with Crippen molar-refractivity contribution in [2.75, 3.05) is 19.8 Å². The van der Waals surface area contributed by atoms with Crippen molar-refractivity contribution in [1.29, 1.82) is 0 Å². The number of fused-ring (bicyclic) bond motifs is 1. The highest BCUT2D eigenvalue weighted by molar-refractivity contribution is 5.87. The summed E-state index contributed by atoms with van der Waals surface area (Å²) in [5, 5.41) is 3.18. The van der Waals surface area contributed by atoms with Gasteiger partial charge in [0, 0.05) is 6.54 Å². The van der Waals surface area contributed by atoms with Gasteiger partial charge in [0.1, 0.15) is 6.54 Å². The fraction of sp³-hybridized carbons (Fsp3) is 0.579. The maximum Gasteiger partial charge on any atom is 0.319 e. The van der Waals surface area contributed by atoms with Gasteiger partial charge >= 0.3 is 6.03 Å². The quantitative estimate of drug-likeness (QED) is 0.928. The first kappa shape index (κ1) is 15.5. The minimum Gasteiger partial charge on any atom is -0.331 e. The van der Waals surface area contributed by atoms with Gasteiger partial charge in [-0.3, -0.25) is 9.69 Å². The number of nitrogens with zero attached hydrogens (tertiary/aromatic N) is 2. The minimum absolute atomic E-state index is 0.0648. The second-order valence-corrected chi connectivity index (χ2v) is 7.44. The van der Waals surface area contributed by atoms with E-state index in [0.717, 1.165) is 25.8 Å². The van der Waals surface area contributed by atoms with Crippen LogP contribution in [-0.4, -0.2) is 41.5 Å². The summed E-state index contributed by atoms with van der Waals surface area (Å²) in [6.07, 6.45) is 5.58. The molecule has 3 amide bonds. The highest BCUT2D eigenvalue weighted by Gasteiger charge is 2.35. The fourth-order valence-electron chi connectivity index (χ4n) is 3.99. The molecule has 1 atom stereocenters. The Hall–Kier alpha value is -2.04. The van der Waals surface area contributed by atoms with Crippen LogP contribution in [0, 0.1) is 12.8 Å². The number of carbonyl (C=O) groups is 2. The van der Waals surface area contributed by atoms with Crippen LogP contribution in [0.5, 0.6) is 0 Å². The molecule has 0 spiro atoms.